The summed E-state index contributed by atoms with van der Waals surface area (Å²) in [5.41, 5.74) is 2.32. The van der Waals surface area contributed by atoms with Crippen LogP contribution in [0.3, 0.4) is 0 Å². The smallest absolute Gasteiger partial charge is 0.490 e. The van der Waals surface area contributed by atoms with Crippen molar-refractivity contribution in [3.8, 4) is 5.75 Å². The summed E-state index contributed by atoms with van der Waals surface area (Å²) in [6.45, 7) is 8.73. The number of likely N-dealkylation sites (tertiary alicyclic amines) is 1. The summed E-state index contributed by atoms with van der Waals surface area (Å²) in [5, 5.41) is 13.1. The average molecular weight is 625 g/mol. The minimum Gasteiger partial charge on any atom is -0.534 e. The van der Waals surface area contributed by atoms with Gasteiger partial charge in [0.05, 0.1) is 11.6 Å². The summed E-state index contributed by atoms with van der Waals surface area (Å²) in [4.78, 5) is 24.6. The summed E-state index contributed by atoms with van der Waals surface area (Å²) < 4.78 is 39.1. The van der Waals surface area contributed by atoms with Crippen LogP contribution in [-0.4, -0.2) is 55.0 Å². The van der Waals surface area contributed by atoms with Crippen LogP contribution in [0.25, 0.3) is 0 Å². The van der Waals surface area contributed by atoms with Gasteiger partial charge in [-0.1, -0.05) is 87.5 Å². The molecule has 0 radical (unpaired) electrons. The number of carbonyl (C=O) groups excluding carboxylic acids is 1. The van der Waals surface area contributed by atoms with Crippen molar-refractivity contribution in [1.29, 1.82) is 0 Å². The first-order valence-corrected chi connectivity index (χ1v) is 17.0. The van der Waals surface area contributed by atoms with Gasteiger partial charge in [0.2, 0.25) is 5.91 Å². The highest BCUT2D eigenvalue weighted by Gasteiger charge is 2.53. The predicted octanol–water partition coefficient (Wildman–Crippen LogP) is 5.60. The Hall–Kier alpha value is -3.63. The number of amides is 1. The van der Waals surface area contributed by atoms with Crippen molar-refractivity contribution in [2.75, 3.05) is 13.1 Å². The second-order valence-electron chi connectivity index (χ2n) is 12.8. The first-order chi connectivity index (χ1) is 20.8. The van der Waals surface area contributed by atoms with Crippen molar-refractivity contribution in [2.45, 2.75) is 75.7 Å². The second-order valence-corrected chi connectivity index (χ2v) is 17.1. The lowest BCUT2D eigenvalue weighted by Gasteiger charge is -2.43. The third-order valence-electron chi connectivity index (χ3n) is 9.16. The molecule has 2 N–H and O–H groups in total. The molecular formula is C34H39F3N2O4Si. The molecule has 0 unspecified atom stereocenters. The maximum absolute atomic E-state index is 13.6. The molecule has 234 valence electrons. The number of carboxylic acid groups (broad SMARTS) is 1. The molecule has 3 aromatic carbocycles. The molecule has 10 heteroatoms. The molecule has 2 fully saturated rings. The normalized spacial score (nSPS) is 21.6. The number of rotatable bonds is 5. The number of nitrogens with zero attached hydrogens (tertiary/aromatic N) is 1. The van der Waals surface area contributed by atoms with Gasteiger partial charge < -0.3 is 19.7 Å². The fourth-order valence-electron chi connectivity index (χ4n) is 7.07. The Morgan fingerprint density at radius 2 is 1.57 bits per heavy atom. The summed E-state index contributed by atoms with van der Waals surface area (Å²) >= 11 is 0. The highest BCUT2D eigenvalue weighted by Crippen LogP contribution is 2.44. The van der Waals surface area contributed by atoms with E-state index in [-0.39, 0.29) is 16.6 Å². The van der Waals surface area contributed by atoms with Crippen LogP contribution in [0.2, 0.25) is 5.04 Å². The lowest BCUT2D eigenvalue weighted by molar-refractivity contribution is -0.192. The van der Waals surface area contributed by atoms with Gasteiger partial charge in [-0.2, -0.15) is 13.2 Å². The van der Waals surface area contributed by atoms with E-state index in [9.17, 15) is 18.0 Å². The van der Waals surface area contributed by atoms with Crippen LogP contribution < -0.4 is 20.1 Å². The van der Waals surface area contributed by atoms with Crippen LogP contribution in [0, 0.1) is 0 Å². The van der Waals surface area contributed by atoms with Crippen molar-refractivity contribution in [3.63, 3.8) is 0 Å². The van der Waals surface area contributed by atoms with Crippen molar-refractivity contribution < 1.29 is 32.3 Å². The number of hydrogen-bond donors (Lipinski definition) is 2. The molecule has 6 rings (SSSR count). The van der Waals surface area contributed by atoms with E-state index in [0.29, 0.717) is 5.91 Å². The van der Waals surface area contributed by atoms with Crippen LogP contribution >= 0.6 is 0 Å². The molecule has 2 atom stereocenters. The van der Waals surface area contributed by atoms with Crippen LogP contribution in [0.5, 0.6) is 5.75 Å². The first-order valence-electron chi connectivity index (χ1n) is 15.1. The van der Waals surface area contributed by atoms with E-state index in [1.807, 2.05) is 0 Å². The van der Waals surface area contributed by atoms with Crippen LogP contribution in [0.15, 0.2) is 78.9 Å². The molecule has 0 bridgehead atoms. The topological polar surface area (TPSA) is 78.9 Å². The average Bonchev–Trinajstić information content (AvgIpc) is 3.71. The molecule has 2 heterocycles. The number of carboxylic acids is 1. The summed E-state index contributed by atoms with van der Waals surface area (Å²) in [6, 6.07) is 28.4. The fourth-order valence-corrected chi connectivity index (χ4v) is 11.5. The maximum Gasteiger partial charge on any atom is 0.490 e. The molecule has 6 nitrogen and oxygen atoms in total. The zero-order valence-corrected chi connectivity index (χ0v) is 26.3. The van der Waals surface area contributed by atoms with E-state index in [4.69, 9.17) is 14.3 Å². The quantitative estimate of drug-likeness (QED) is 0.362. The van der Waals surface area contributed by atoms with Crippen LogP contribution in [0.1, 0.15) is 63.6 Å². The molecule has 3 aromatic rings. The molecule has 0 saturated carbocycles. The van der Waals surface area contributed by atoms with Gasteiger partial charge in [0.25, 0.3) is 0 Å². The predicted molar refractivity (Wildman–Crippen MR) is 166 cm³/mol. The zero-order valence-electron chi connectivity index (χ0n) is 25.3. The number of aliphatic carboxylic acids is 1. The van der Waals surface area contributed by atoms with Gasteiger partial charge in [-0.3, -0.25) is 4.79 Å². The number of alkyl halides is 3. The zero-order chi connectivity index (χ0) is 31.8. The highest BCUT2D eigenvalue weighted by atomic mass is 28.4. The van der Waals surface area contributed by atoms with E-state index >= 15 is 0 Å². The largest absolute Gasteiger partial charge is 0.534 e. The Balaban J connectivity index is 0.000000493. The standard InChI is InChI=1S/C32H38N2O2Si.C2HF3O2/c1-31(2,3)37(26-11-6-4-7-12-26,27-13-8-5-9-14-27)36-25-17-15-24-16-18-29(28(24)23-25)34-22-20-32(30(34)35)19-10-21-33-32;3-2(4,5)1(6)7/h4-9,11-15,17,23,29,33H,10,16,18-22H2,1-3H3;(H,6,7)/t29-,32-;/m1./s1. The molecule has 3 aliphatic rings. The number of fused-ring (bicyclic) bond motifs is 1. The Morgan fingerprint density at radius 3 is 2.07 bits per heavy atom. The van der Waals surface area contributed by atoms with E-state index in [1.54, 1.807) is 0 Å². The number of benzene rings is 3. The Kier molecular flexibility index (Phi) is 8.70. The molecule has 1 amide bonds. The summed E-state index contributed by atoms with van der Waals surface area (Å²) in [7, 11) is -2.71. The van der Waals surface area contributed by atoms with Crippen molar-refractivity contribution in [1.82, 2.24) is 10.2 Å². The number of halogens is 3. The molecule has 1 aliphatic carbocycles. The third-order valence-corrected chi connectivity index (χ3v) is 14.1. The molecular weight excluding hydrogens is 585 g/mol. The van der Waals surface area contributed by atoms with Crippen molar-refractivity contribution in [2.24, 2.45) is 0 Å². The minimum atomic E-state index is -5.08. The van der Waals surface area contributed by atoms with E-state index in [2.05, 4.69) is 110 Å². The molecule has 2 saturated heterocycles. The van der Waals surface area contributed by atoms with Gasteiger partial charge in [-0.05, 0) is 77.3 Å². The third kappa shape index (κ3) is 5.89. The van der Waals surface area contributed by atoms with Gasteiger partial charge in [-0.15, -0.1) is 0 Å². The Morgan fingerprint density at radius 1 is 0.977 bits per heavy atom. The monoisotopic (exact) mass is 624 g/mol. The number of nitrogens with one attached hydrogen (secondary N) is 1. The van der Waals surface area contributed by atoms with Crippen LogP contribution in [-0.2, 0) is 16.0 Å². The molecule has 1 spiro atoms. The van der Waals surface area contributed by atoms with Gasteiger partial charge in [0, 0.05) is 6.54 Å². The SMILES string of the molecule is CC(C)(C)[Si](Oc1ccc2c(c1)[C@H](N1CC[C@]3(CCCN3)C1=O)CC2)(c1ccccc1)c1ccccc1.O=C(O)C(F)(F)F. The van der Waals surface area contributed by atoms with Gasteiger partial charge in [0.15, 0.2) is 0 Å². The minimum absolute atomic E-state index is 0.0977. The maximum atomic E-state index is 13.6. The first kappa shape index (κ1) is 31.8. The van der Waals surface area contributed by atoms with E-state index < -0.39 is 20.5 Å². The second kappa shape index (κ2) is 12.0. The fraction of sp³-hybridized carbons (Fsp3) is 0.412. The van der Waals surface area contributed by atoms with Crippen molar-refractivity contribution in [3.05, 3.63) is 90.0 Å². The van der Waals surface area contributed by atoms with Gasteiger partial charge >= 0.3 is 20.5 Å². The Bertz CT molecular complexity index is 1450. The summed E-state index contributed by atoms with van der Waals surface area (Å²) in [6.07, 6.45) is -0.0737. The van der Waals surface area contributed by atoms with E-state index in [1.165, 1.54) is 21.5 Å². The number of aryl methyl sites for hydroxylation is 1. The van der Waals surface area contributed by atoms with Gasteiger partial charge in [-0.25, -0.2) is 4.79 Å². The summed E-state index contributed by atoms with van der Waals surface area (Å²) in [5.74, 6) is -1.53. The lowest BCUT2D eigenvalue weighted by Crippen LogP contribution is -2.68. The Labute approximate surface area is 257 Å². The lowest BCUT2D eigenvalue weighted by atomic mass is 9.96. The molecule has 2 aliphatic heterocycles. The van der Waals surface area contributed by atoms with E-state index in [0.717, 1.165) is 50.9 Å². The van der Waals surface area contributed by atoms with Gasteiger partial charge in [0.1, 0.15) is 5.75 Å². The number of carbonyl (C=O) groups is 2. The number of hydrogen-bond acceptors (Lipinski definition) is 4. The molecule has 44 heavy (non-hydrogen) atoms. The molecule has 0 aromatic heterocycles. The van der Waals surface area contributed by atoms with Crippen LogP contribution in [0.4, 0.5) is 13.2 Å². The van der Waals surface area contributed by atoms with Crippen molar-refractivity contribution >= 4 is 30.6 Å². The highest BCUT2D eigenvalue weighted by molar-refractivity contribution is 7.00.